The molecule has 0 saturated heterocycles. The summed E-state index contributed by atoms with van der Waals surface area (Å²) in [6.07, 6.45) is 0. The molecular formula is C16H19NO2S. The van der Waals surface area contributed by atoms with Crippen LogP contribution in [0.25, 0.3) is 0 Å². The predicted octanol–water partition coefficient (Wildman–Crippen LogP) is 2.81. The van der Waals surface area contributed by atoms with Crippen molar-refractivity contribution in [3.05, 3.63) is 59.7 Å². The summed E-state index contributed by atoms with van der Waals surface area (Å²) >= 11 is 0. The van der Waals surface area contributed by atoms with Gasteiger partial charge in [-0.15, -0.1) is 0 Å². The second-order valence-corrected chi connectivity index (χ2v) is 6.09. The van der Waals surface area contributed by atoms with E-state index in [-0.39, 0.29) is 6.04 Å². The van der Waals surface area contributed by atoms with E-state index < -0.39 is 10.8 Å². The van der Waals surface area contributed by atoms with Gasteiger partial charge in [0.1, 0.15) is 5.75 Å². The fourth-order valence-corrected chi connectivity index (χ4v) is 3.44. The van der Waals surface area contributed by atoms with E-state index in [1.807, 2.05) is 55.5 Å². The maximum absolute atomic E-state index is 12.5. The molecular weight excluding hydrogens is 270 g/mol. The summed E-state index contributed by atoms with van der Waals surface area (Å²) < 4.78 is 17.7. The fourth-order valence-electron chi connectivity index (χ4n) is 2.15. The Morgan fingerprint density at radius 2 is 1.80 bits per heavy atom. The second kappa shape index (κ2) is 6.68. The maximum atomic E-state index is 12.5. The van der Waals surface area contributed by atoms with Crippen LogP contribution < -0.4 is 10.5 Å². The number of methoxy groups -OCH3 is 1. The molecule has 0 aromatic heterocycles. The zero-order valence-electron chi connectivity index (χ0n) is 11.7. The highest BCUT2D eigenvalue weighted by molar-refractivity contribution is 7.85. The van der Waals surface area contributed by atoms with Crippen LogP contribution in [0.2, 0.25) is 0 Å². The van der Waals surface area contributed by atoms with E-state index in [2.05, 4.69) is 0 Å². The lowest BCUT2D eigenvalue weighted by Gasteiger charge is -2.15. The minimum atomic E-state index is -1.18. The number of rotatable bonds is 5. The molecule has 2 aromatic rings. The Labute approximate surface area is 122 Å². The first-order chi connectivity index (χ1) is 9.63. The monoisotopic (exact) mass is 289 g/mol. The van der Waals surface area contributed by atoms with Crippen molar-refractivity contribution in [3.63, 3.8) is 0 Å². The summed E-state index contributed by atoms with van der Waals surface area (Å²) in [4.78, 5) is 0.694. The summed E-state index contributed by atoms with van der Waals surface area (Å²) in [6.45, 7) is 2.02. The third kappa shape index (κ3) is 3.26. The molecule has 0 radical (unpaired) electrons. The largest absolute Gasteiger partial charge is 0.495 e. The van der Waals surface area contributed by atoms with Crippen molar-refractivity contribution in [1.29, 1.82) is 0 Å². The molecule has 4 heteroatoms. The maximum Gasteiger partial charge on any atom is 0.134 e. The van der Waals surface area contributed by atoms with Gasteiger partial charge in [-0.05, 0) is 30.2 Å². The summed E-state index contributed by atoms with van der Waals surface area (Å²) in [5, 5.41) is 0. The van der Waals surface area contributed by atoms with Crippen molar-refractivity contribution in [2.24, 2.45) is 5.73 Å². The highest BCUT2D eigenvalue weighted by Crippen LogP contribution is 2.24. The number of nitrogens with two attached hydrogens (primary N) is 1. The van der Waals surface area contributed by atoms with Crippen molar-refractivity contribution >= 4 is 10.8 Å². The zero-order chi connectivity index (χ0) is 14.5. The van der Waals surface area contributed by atoms with Gasteiger partial charge in [0.25, 0.3) is 0 Å². The summed E-state index contributed by atoms with van der Waals surface area (Å²) in [5.74, 6) is 1.02. The Balaban J connectivity index is 2.18. The normalized spacial score (nSPS) is 13.8. The molecule has 0 aliphatic heterocycles. The molecule has 0 amide bonds. The number of aryl methyl sites for hydroxylation is 1. The molecule has 0 saturated carbocycles. The quantitative estimate of drug-likeness (QED) is 0.921. The smallest absolute Gasteiger partial charge is 0.134 e. The lowest BCUT2D eigenvalue weighted by atomic mass is 10.0. The number of para-hydroxylation sites is 1. The highest BCUT2D eigenvalue weighted by atomic mass is 32.2. The standard InChI is InChI=1S/C16H19NO2S/c1-12-7-3-4-8-13(12)14(17)11-20(18)16-10-6-5-9-15(16)19-2/h3-10,14H,11,17H2,1-2H3. The highest BCUT2D eigenvalue weighted by Gasteiger charge is 2.16. The molecule has 0 aliphatic carbocycles. The van der Waals surface area contributed by atoms with E-state index in [1.54, 1.807) is 7.11 Å². The van der Waals surface area contributed by atoms with Gasteiger partial charge in [-0.3, -0.25) is 4.21 Å². The minimum Gasteiger partial charge on any atom is -0.495 e. The first-order valence-electron chi connectivity index (χ1n) is 6.46. The van der Waals surface area contributed by atoms with Crippen LogP contribution in [0.5, 0.6) is 5.75 Å². The van der Waals surface area contributed by atoms with Gasteiger partial charge in [-0.2, -0.15) is 0 Å². The average Bonchev–Trinajstić information content (AvgIpc) is 2.47. The molecule has 3 nitrogen and oxygen atoms in total. The Hall–Kier alpha value is -1.65. The van der Waals surface area contributed by atoms with Crippen LogP contribution in [-0.2, 0) is 10.8 Å². The van der Waals surface area contributed by atoms with Gasteiger partial charge in [-0.25, -0.2) is 0 Å². The molecule has 0 spiro atoms. The van der Waals surface area contributed by atoms with Gasteiger partial charge in [-0.1, -0.05) is 36.4 Å². The van der Waals surface area contributed by atoms with Gasteiger partial charge in [0, 0.05) is 11.8 Å². The van der Waals surface area contributed by atoms with Gasteiger partial charge < -0.3 is 10.5 Å². The van der Waals surface area contributed by atoms with Gasteiger partial charge >= 0.3 is 0 Å². The topological polar surface area (TPSA) is 52.3 Å². The summed E-state index contributed by atoms with van der Waals surface area (Å²) in [6, 6.07) is 15.0. The predicted molar refractivity (Wildman–Crippen MR) is 82.4 cm³/mol. The number of hydrogen-bond acceptors (Lipinski definition) is 3. The van der Waals surface area contributed by atoms with Crippen molar-refractivity contribution in [3.8, 4) is 5.75 Å². The molecule has 2 unspecified atom stereocenters. The van der Waals surface area contributed by atoms with Crippen LogP contribution >= 0.6 is 0 Å². The molecule has 20 heavy (non-hydrogen) atoms. The lowest BCUT2D eigenvalue weighted by Crippen LogP contribution is -2.19. The van der Waals surface area contributed by atoms with Crippen LogP contribution in [0.15, 0.2) is 53.4 Å². The van der Waals surface area contributed by atoms with Gasteiger partial charge in [0.2, 0.25) is 0 Å². The average molecular weight is 289 g/mol. The van der Waals surface area contributed by atoms with Crippen molar-refractivity contribution in [2.45, 2.75) is 17.9 Å². The Morgan fingerprint density at radius 1 is 1.15 bits per heavy atom. The number of ether oxygens (including phenoxy) is 1. The zero-order valence-corrected chi connectivity index (χ0v) is 12.5. The van der Waals surface area contributed by atoms with Gasteiger partial charge in [0.05, 0.1) is 22.8 Å². The molecule has 0 aliphatic rings. The number of benzene rings is 2. The Bertz CT molecular complexity index is 613. The minimum absolute atomic E-state index is 0.248. The van der Waals surface area contributed by atoms with E-state index in [1.165, 1.54) is 0 Å². The van der Waals surface area contributed by atoms with Gasteiger partial charge in [0.15, 0.2) is 0 Å². The first kappa shape index (κ1) is 14.8. The molecule has 2 atom stereocenters. The van der Waals surface area contributed by atoms with Crippen molar-refractivity contribution in [2.75, 3.05) is 12.9 Å². The molecule has 2 rings (SSSR count). The summed E-state index contributed by atoms with van der Waals surface area (Å²) in [7, 11) is 0.397. The van der Waals surface area contributed by atoms with Crippen LogP contribution in [0.4, 0.5) is 0 Å². The van der Waals surface area contributed by atoms with Crippen molar-refractivity contribution in [1.82, 2.24) is 0 Å². The van der Waals surface area contributed by atoms with E-state index >= 15 is 0 Å². The molecule has 2 aromatic carbocycles. The fraction of sp³-hybridized carbons (Fsp3) is 0.250. The van der Waals surface area contributed by atoms with Crippen LogP contribution in [0, 0.1) is 6.92 Å². The summed E-state index contributed by atoms with van der Waals surface area (Å²) in [5.41, 5.74) is 8.35. The third-order valence-corrected chi connectivity index (χ3v) is 4.72. The first-order valence-corrected chi connectivity index (χ1v) is 7.78. The molecule has 106 valence electrons. The van der Waals surface area contributed by atoms with Crippen molar-refractivity contribution < 1.29 is 8.95 Å². The Morgan fingerprint density at radius 3 is 2.50 bits per heavy atom. The van der Waals surface area contributed by atoms with E-state index in [0.29, 0.717) is 16.4 Å². The SMILES string of the molecule is COc1ccccc1S(=O)CC(N)c1ccccc1C. The molecule has 2 N–H and O–H groups in total. The second-order valence-electron chi connectivity index (χ2n) is 4.63. The molecule has 0 fully saturated rings. The van der Waals surface area contributed by atoms with Crippen LogP contribution in [0.3, 0.4) is 0 Å². The van der Waals surface area contributed by atoms with Crippen LogP contribution in [0.1, 0.15) is 17.2 Å². The van der Waals surface area contributed by atoms with Crippen LogP contribution in [-0.4, -0.2) is 17.1 Å². The van der Waals surface area contributed by atoms with E-state index in [0.717, 1.165) is 11.1 Å². The third-order valence-electron chi connectivity index (χ3n) is 3.23. The molecule has 0 heterocycles. The molecule has 0 bridgehead atoms. The Kier molecular flexibility index (Phi) is 4.93. The lowest BCUT2D eigenvalue weighted by molar-refractivity contribution is 0.404. The van der Waals surface area contributed by atoms with E-state index in [9.17, 15) is 4.21 Å². The number of hydrogen-bond donors (Lipinski definition) is 1. The van der Waals surface area contributed by atoms with E-state index in [4.69, 9.17) is 10.5 Å².